The number of pyridine rings is 2. The zero-order valence-electron chi connectivity index (χ0n) is 37.6. The molecule has 0 aliphatic carbocycles. The van der Waals surface area contributed by atoms with Gasteiger partial charge in [0.05, 0.1) is 11.4 Å². The van der Waals surface area contributed by atoms with E-state index < -0.39 is 12.3 Å². The van der Waals surface area contributed by atoms with E-state index in [4.69, 9.17) is 28.2 Å². The lowest BCUT2D eigenvalue weighted by molar-refractivity contribution is 0.483. The quantitative estimate of drug-likeness (QED) is 0.155. The average molecular weight is 745 g/mol. The van der Waals surface area contributed by atoms with Gasteiger partial charge in [-0.2, -0.15) is 0 Å². The van der Waals surface area contributed by atoms with Crippen LogP contribution in [0.5, 0.6) is 11.5 Å². The average Bonchev–Trinajstić information content (AvgIpc) is 3.55. The van der Waals surface area contributed by atoms with E-state index in [1.54, 1.807) is 0 Å². The number of nitrogens with zero attached hydrogens (tertiary/aromatic N) is 3. The molecule has 0 amide bonds. The van der Waals surface area contributed by atoms with Crippen molar-refractivity contribution in [2.45, 2.75) is 106 Å². The Morgan fingerprint density at radius 2 is 1.34 bits per heavy atom. The minimum atomic E-state index is -2.31. The molecule has 0 N–H and O–H groups in total. The molecule has 0 saturated carbocycles. The molecule has 0 aliphatic rings. The molecule has 286 valence electrons. The zero-order chi connectivity index (χ0) is 42.6. The minimum Gasteiger partial charge on any atom is -0.457 e. The van der Waals surface area contributed by atoms with Gasteiger partial charge in [-0.3, -0.25) is 9.97 Å². The van der Waals surface area contributed by atoms with Crippen molar-refractivity contribution in [3.05, 3.63) is 137 Å². The fourth-order valence-electron chi connectivity index (χ4n) is 7.46. The number of hydrogen-bond donors (Lipinski definition) is 0. The maximum atomic E-state index is 8.23. The van der Waals surface area contributed by atoms with Crippen LogP contribution < -0.4 is 4.74 Å². The summed E-state index contributed by atoms with van der Waals surface area (Å²) in [6.07, 6.45) is 3.36. The number of oxazole rings is 1. The Morgan fingerprint density at radius 3 is 1.98 bits per heavy atom. The molecule has 0 radical (unpaired) electrons. The molecule has 3 heterocycles. The predicted molar refractivity (Wildman–Crippen MR) is 233 cm³/mol. The van der Waals surface area contributed by atoms with Gasteiger partial charge in [0.1, 0.15) is 17.0 Å². The fourth-order valence-corrected chi connectivity index (χ4v) is 7.46. The van der Waals surface area contributed by atoms with Crippen LogP contribution in [0.3, 0.4) is 0 Å². The fraction of sp³-hybridized carbons (Fsp3) is 0.314. The van der Waals surface area contributed by atoms with Gasteiger partial charge in [0.15, 0.2) is 11.5 Å². The molecule has 5 heteroatoms. The number of ether oxygens (including phenoxy) is 1. The summed E-state index contributed by atoms with van der Waals surface area (Å²) in [5, 5.41) is 0. The lowest BCUT2D eigenvalue weighted by Gasteiger charge is -2.24. The van der Waals surface area contributed by atoms with Crippen molar-refractivity contribution in [2.75, 3.05) is 0 Å². The molecule has 3 aromatic heterocycles. The monoisotopic (exact) mass is 744 g/mol. The highest BCUT2D eigenvalue weighted by Crippen LogP contribution is 2.44. The topological polar surface area (TPSA) is 61.0 Å². The van der Waals surface area contributed by atoms with Crippen molar-refractivity contribution in [3.8, 4) is 56.3 Å². The van der Waals surface area contributed by atoms with E-state index in [-0.39, 0.29) is 22.8 Å². The zero-order valence-corrected chi connectivity index (χ0v) is 34.6. The first-order valence-corrected chi connectivity index (χ1v) is 19.6. The summed E-state index contributed by atoms with van der Waals surface area (Å²) < 4.78 is 37.8. The third-order valence-electron chi connectivity index (χ3n) is 10.5. The summed E-state index contributed by atoms with van der Waals surface area (Å²) in [6, 6.07) is 31.6. The summed E-state index contributed by atoms with van der Waals surface area (Å²) in [7, 11) is 0. The Morgan fingerprint density at radius 1 is 0.661 bits per heavy atom. The van der Waals surface area contributed by atoms with Crippen molar-refractivity contribution in [1.82, 2.24) is 15.0 Å². The molecule has 56 heavy (non-hydrogen) atoms. The van der Waals surface area contributed by atoms with E-state index in [9.17, 15) is 0 Å². The van der Waals surface area contributed by atoms with Crippen molar-refractivity contribution in [2.24, 2.45) is 0 Å². The number of aromatic nitrogens is 3. The summed E-state index contributed by atoms with van der Waals surface area (Å²) in [5.74, 6) is 2.17. The number of hydrogen-bond acceptors (Lipinski definition) is 5. The Labute approximate surface area is 337 Å². The van der Waals surface area contributed by atoms with E-state index in [0.29, 0.717) is 45.3 Å². The second kappa shape index (κ2) is 14.8. The third kappa shape index (κ3) is 7.91. The van der Waals surface area contributed by atoms with E-state index in [2.05, 4.69) is 121 Å². The molecule has 0 spiro atoms. The molecule has 7 aromatic rings. The van der Waals surface area contributed by atoms with Gasteiger partial charge in [-0.05, 0) is 122 Å². The Balaban J connectivity index is 1.45. The van der Waals surface area contributed by atoms with Crippen molar-refractivity contribution >= 4 is 11.1 Å². The highest BCUT2D eigenvalue weighted by molar-refractivity contribution is 5.91. The van der Waals surface area contributed by atoms with Gasteiger partial charge in [-0.15, -0.1) is 0 Å². The molecule has 0 bridgehead atoms. The maximum Gasteiger partial charge on any atom is 0.192 e. The summed E-state index contributed by atoms with van der Waals surface area (Å²) in [6.45, 7) is 21.2. The van der Waals surface area contributed by atoms with Crippen LogP contribution in [-0.2, 0) is 10.8 Å². The smallest absolute Gasteiger partial charge is 0.192 e. The lowest BCUT2D eigenvalue weighted by Crippen LogP contribution is -2.13. The Kier molecular flexibility index (Phi) is 9.25. The molecule has 0 aliphatic heterocycles. The molecule has 0 fully saturated rings. The molecule has 0 atom stereocenters. The van der Waals surface area contributed by atoms with Crippen LogP contribution in [0, 0.1) is 13.8 Å². The molecule has 0 unspecified atom stereocenters. The van der Waals surface area contributed by atoms with Crippen LogP contribution in [0.4, 0.5) is 0 Å². The van der Waals surface area contributed by atoms with Gasteiger partial charge >= 0.3 is 0 Å². The van der Waals surface area contributed by atoms with Crippen LogP contribution >= 0.6 is 0 Å². The van der Waals surface area contributed by atoms with Gasteiger partial charge in [0.25, 0.3) is 0 Å². The van der Waals surface area contributed by atoms with Crippen LogP contribution in [0.2, 0.25) is 0 Å². The van der Waals surface area contributed by atoms with Gasteiger partial charge in [-0.25, -0.2) is 4.98 Å². The number of fused-ring (bicyclic) bond motifs is 1. The summed E-state index contributed by atoms with van der Waals surface area (Å²) in [4.78, 5) is 14.3. The van der Waals surface area contributed by atoms with Crippen molar-refractivity contribution in [3.63, 3.8) is 0 Å². The molecule has 5 nitrogen and oxygen atoms in total. The van der Waals surface area contributed by atoms with Gasteiger partial charge in [-0.1, -0.05) is 112 Å². The molecule has 7 rings (SSSR count). The SMILES string of the molecule is [2H]C([2H])([2H])c1cnc(-c2cc(Oc3cc(-c4cc(C(C)(C)C)ccn4)cc(-c4c(C(C)C)cc(-c5ccccc5)cc4C(C)C)c3)cc3nc(C)oc23)cc1C(C)(C)C. The lowest BCUT2D eigenvalue weighted by atomic mass is 9.81. The van der Waals surface area contributed by atoms with Crippen molar-refractivity contribution in [1.29, 1.82) is 0 Å². The minimum absolute atomic E-state index is 0.0678. The molecule has 4 aromatic carbocycles. The van der Waals surface area contributed by atoms with Crippen molar-refractivity contribution < 1.29 is 13.3 Å². The van der Waals surface area contributed by atoms with Crippen LogP contribution in [0.1, 0.15) is 119 Å². The molecular weight excluding hydrogens is 687 g/mol. The van der Waals surface area contributed by atoms with Gasteiger partial charge < -0.3 is 9.15 Å². The van der Waals surface area contributed by atoms with Gasteiger partial charge in [0, 0.05) is 40.6 Å². The second-order valence-electron chi connectivity index (χ2n) is 17.7. The number of rotatable bonds is 8. The largest absolute Gasteiger partial charge is 0.457 e. The van der Waals surface area contributed by atoms with E-state index in [1.165, 1.54) is 39.6 Å². The standard InChI is InChI=1S/C51H55N3O2/c1-30(2)41-23-35(34-16-14-13-15-17-34)24-42(31(3)4)48(41)37-20-36(45-25-38(18-19-52-45)50(7,8)9)21-39(22-37)56-40-26-43(49-47(27-40)54-33(6)55-49)46-28-44(51(10,11)12)32(5)29-53-46/h13-31H,1-12H3/i5D3. The normalized spacial score (nSPS) is 13.3. The highest BCUT2D eigenvalue weighted by atomic mass is 16.5. The number of aryl methyl sites for hydroxylation is 2. The Hall–Kier alpha value is -5.55. The van der Waals surface area contributed by atoms with Crippen LogP contribution in [0.25, 0.3) is 55.9 Å². The van der Waals surface area contributed by atoms with Gasteiger partial charge in [0.2, 0.25) is 0 Å². The summed E-state index contributed by atoms with van der Waals surface area (Å²) in [5.41, 5.74) is 13.0. The van der Waals surface area contributed by atoms with Crippen LogP contribution in [0.15, 0.2) is 108 Å². The first-order chi connectivity index (χ1) is 27.7. The molecular formula is C51H55N3O2. The van der Waals surface area contributed by atoms with E-state index >= 15 is 0 Å². The number of benzene rings is 4. The Bertz CT molecular complexity index is 2630. The second-order valence-corrected chi connectivity index (χ2v) is 17.7. The third-order valence-corrected chi connectivity index (χ3v) is 10.5. The van der Waals surface area contributed by atoms with Crippen LogP contribution in [-0.4, -0.2) is 15.0 Å². The summed E-state index contributed by atoms with van der Waals surface area (Å²) >= 11 is 0. The maximum absolute atomic E-state index is 8.23. The van der Waals surface area contributed by atoms with E-state index in [0.717, 1.165) is 16.8 Å². The first-order valence-electron chi connectivity index (χ1n) is 21.1. The first kappa shape index (κ1) is 34.9. The molecule has 0 saturated heterocycles. The predicted octanol–water partition coefficient (Wildman–Crippen LogP) is 14.5. The van der Waals surface area contributed by atoms with E-state index in [1.807, 2.05) is 52.1 Å². The highest BCUT2D eigenvalue weighted by Gasteiger charge is 2.23.